The van der Waals surface area contributed by atoms with Crippen LogP contribution in [0.15, 0.2) is 11.6 Å². The van der Waals surface area contributed by atoms with E-state index < -0.39 is 11.5 Å². The molecule has 0 saturated heterocycles. The predicted molar refractivity (Wildman–Crippen MR) is 137 cm³/mol. The minimum Gasteiger partial charge on any atom is -0.469 e. The van der Waals surface area contributed by atoms with Crippen molar-refractivity contribution >= 4 is 11.8 Å². The van der Waals surface area contributed by atoms with Crippen LogP contribution >= 0.6 is 0 Å². The number of hydrogen-bond donors (Lipinski definition) is 1. The summed E-state index contributed by atoms with van der Waals surface area (Å²) in [4.78, 5) is 25.7. The van der Waals surface area contributed by atoms with Gasteiger partial charge in [-0.05, 0) is 130 Å². The van der Waals surface area contributed by atoms with Gasteiger partial charge in [-0.2, -0.15) is 0 Å². The van der Waals surface area contributed by atoms with Gasteiger partial charge in [0.15, 0.2) is 5.78 Å². The highest BCUT2D eigenvalue weighted by molar-refractivity contribution is 5.90. The zero-order chi connectivity index (χ0) is 25.6. The first-order valence-corrected chi connectivity index (χ1v) is 14.3. The minimum atomic E-state index is -0.777. The van der Waals surface area contributed by atoms with E-state index in [0.717, 1.165) is 31.3 Å². The molecule has 2 spiro atoms. The molecule has 0 radical (unpaired) electrons. The number of rotatable bonds is 5. The molecule has 5 aliphatic rings. The summed E-state index contributed by atoms with van der Waals surface area (Å²) in [6.07, 6.45) is 12.1. The summed E-state index contributed by atoms with van der Waals surface area (Å²) in [6, 6.07) is 0. The Morgan fingerprint density at radius 1 is 0.943 bits per heavy atom. The molecule has 10 atom stereocenters. The largest absolute Gasteiger partial charge is 0.469 e. The molecular weight excluding hydrogens is 436 g/mol. The fourth-order valence-electron chi connectivity index (χ4n) is 11.4. The van der Waals surface area contributed by atoms with Crippen LogP contribution in [0.2, 0.25) is 0 Å². The van der Waals surface area contributed by atoms with Crippen LogP contribution in [-0.2, 0) is 14.3 Å². The van der Waals surface area contributed by atoms with Crippen LogP contribution in [0.25, 0.3) is 0 Å². The van der Waals surface area contributed by atoms with E-state index in [9.17, 15) is 14.7 Å². The monoisotopic (exact) mass is 484 g/mol. The molecule has 0 aromatic rings. The smallest absolute Gasteiger partial charge is 0.314 e. The Hall–Kier alpha value is -1.16. The number of fused-ring (bicyclic) bond motifs is 2. The zero-order valence-electron chi connectivity index (χ0n) is 23.2. The summed E-state index contributed by atoms with van der Waals surface area (Å²) in [6.45, 7) is 13.5. The first-order chi connectivity index (χ1) is 16.3. The summed E-state index contributed by atoms with van der Waals surface area (Å²) < 4.78 is 5.28. The molecule has 4 heteroatoms. The molecule has 35 heavy (non-hydrogen) atoms. The number of methoxy groups -OCH3 is 1. The maximum Gasteiger partial charge on any atom is 0.314 e. The molecule has 0 bridgehead atoms. The Morgan fingerprint density at radius 2 is 1.60 bits per heavy atom. The Balaban J connectivity index is 1.43. The average molecular weight is 485 g/mol. The van der Waals surface area contributed by atoms with Crippen molar-refractivity contribution in [1.29, 1.82) is 0 Å². The van der Waals surface area contributed by atoms with Crippen molar-refractivity contribution < 1.29 is 19.4 Å². The van der Waals surface area contributed by atoms with Gasteiger partial charge in [0, 0.05) is 6.42 Å². The highest BCUT2D eigenvalue weighted by Gasteiger charge is 2.83. The second-order valence-electron chi connectivity index (χ2n) is 14.3. The molecule has 5 aliphatic carbocycles. The topological polar surface area (TPSA) is 63.6 Å². The van der Waals surface area contributed by atoms with Crippen molar-refractivity contribution in [2.45, 2.75) is 112 Å². The van der Waals surface area contributed by atoms with Crippen LogP contribution in [0.5, 0.6) is 0 Å². The van der Waals surface area contributed by atoms with Crippen molar-refractivity contribution in [2.75, 3.05) is 7.11 Å². The molecule has 1 N–H and O–H groups in total. The third kappa shape index (κ3) is 3.07. The summed E-state index contributed by atoms with van der Waals surface area (Å²) in [5.41, 5.74) is 1.40. The second kappa shape index (κ2) is 7.92. The molecule has 0 unspecified atom stereocenters. The number of hydrogen-bond acceptors (Lipinski definition) is 4. The van der Waals surface area contributed by atoms with Crippen molar-refractivity contribution in [3.8, 4) is 0 Å². The van der Waals surface area contributed by atoms with Gasteiger partial charge in [0.25, 0.3) is 0 Å². The molecule has 4 nitrogen and oxygen atoms in total. The predicted octanol–water partition coefficient (Wildman–Crippen LogP) is 6.50. The number of aliphatic hydroxyl groups is 1. The minimum absolute atomic E-state index is 0.200. The molecule has 5 rings (SSSR count). The maximum atomic E-state index is 13.0. The first-order valence-electron chi connectivity index (χ1n) is 14.3. The van der Waals surface area contributed by atoms with Gasteiger partial charge in [0.1, 0.15) is 0 Å². The number of aliphatic hydroxyl groups excluding tert-OH is 1. The van der Waals surface area contributed by atoms with E-state index in [1.807, 2.05) is 26.8 Å². The number of carbonyl (C=O) groups is 2. The van der Waals surface area contributed by atoms with Crippen LogP contribution < -0.4 is 0 Å². The number of esters is 1. The Kier molecular flexibility index (Phi) is 5.77. The second-order valence-corrected chi connectivity index (χ2v) is 14.3. The van der Waals surface area contributed by atoms with Gasteiger partial charge < -0.3 is 9.84 Å². The third-order valence-electron chi connectivity index (χ3n) is 13.1. The van der Waals surface area contributed by atoms with Crippen LogP contribution in [-0.4, -0.2) is 30.1 Å². The quantitative estimate of drug-likeness (QED) is 0.357. The fourth-order valence-corrected chi connectivity index (χ4v) is 11.4. The van der Waals surface area contributed by atoms with Crippen molar-refractivity contribution in [3.63, 3.8) is 0 Å². The van der Waals surface area contributed by atoms with E-state index in [-0.39, 0.29) is 33.9 Å². The SMILES string of the molecule is COC(=O)[C@]1(C)[C@@H](O)CC[C@]23C[C@]24CC[C@]2(C)[C@@H]([C@H](C)CC(=O)C=C(C)C)CC[C@@]2(C)[C@@H]4CC[C@@H]13. The standard InChI is InChI=1S/C31H48O4/c1-19(2)16-21(32)17-20(3)22-10-12-28(5)23-8-9-24-29(6,26(34)35-7)25(33)11-13-30(24)18-31(23,30)15-14-27(22,28)4/h16,20,22-25,33H,8-15,17-18H2,1-7H3/t20-,22-,23+,24+,25+,27-,28+,29+,30-,31+/m1/s1. The van der Waals surface area contributed by atoms with Crippen molar-refractivity contribution in [1.82, 2.24) is 0 Å². The summed E-state index contributed by atoms with van der Waals surface area (Å²) in [5, 5.41) is 11.0. The number of ketones is 1. The highest BCUT2D eigenvalue weighted by Crippen LogP contribution is 2.89. The van der Waals surface area contributed by atoms with E-state index in [4.69, 9.17) is 4.74 Å². The normalized spacial score (nSPS) is 50.6. The first kappa shape index (κ1) is 25.5. The summed E-state index contributed by atoms with van der Waals surface area (Å²) in [5.74, 6) is 2.00. The maximum absolute atomic E-state index is 13.0. The molecule has 196 valence electrons. The molecule has 0 aromatic carbocycles. The zero-order valence-corrected chi connectivity index (χ0v) is 23.2. The van der Waals surface area contributed by atoms with Gasteiger partial charge in [0.05, 0.1) is 18.6 Å². The number of carbonyl (C=O) groups excluding carboxylic acids is 2. The van der Waals surface area contributed by atoms with E-state index in [0.29, 0.717) is 29.6 Å². The van der Waals surface area contributed by atoms with Gasteiger partial charge in [-0.3, -0.25) is 9.59 Å². The summed E-state index contributed by atoms with van der Waals surface area (Å²) >= 11 is 0. The lowest BCUT2D eigenvalue weighted by molar-refractivity contribution is -0.191. The van der Waals surface area contributed by atoms with Crippen molar-refractivity contribution in [3.05, 3.63) is 11.6 Å². The Labute approximate surface area is 212 Å². The van der Waals surface area contributed by atoms with Gasteiger partial charge in [0.2, 0.25) is 0 Å². The van der Waals surface area contributed by atoms with Crippen LogP contribution in [0.4, 0.5) is 0 Å². The number of allylic oxidation sites excluding steroid dienone is 2. The van der Waals surface area contributed by atoms with Crippen LogP contribution in [0, 0.1) is 50.7 Å². The highest BCUT2D eigenvalue weighted by atomic mass is 16.5. The third-order valence-corrected chi connectivity index (χ3v) is 13.1. The molecule has 5 fully saturated rings. The van der Waals surface area contributed by atoms with Gasteiger partial charge in [-0.25, -0.2) is 0 Å². The molecule has 0 amide bonds. The van der Waals surface area contributed by atoms with E-state index in [2.05, 4.69) is 20.8 Å². The van der Waals surface area contributed by atoms with Crippen LogP contribution in [0.1, 0.15) is 106 Å². The van der Waals surface area contributed by atoms with Gasteiger partial charge in [-0.15, -0.1) is 0 Å². The molecule has 0 aromatic heterocycles. The van der Waals surface area contributed by atoms with Crippen molar-refractivity contribution in [2.24, 2.45) is 50.7 Å². The average Bonchev–Trinajstić information content (AvgIpc) is 3.37. The lowest BCUT2D eigenvalue weighted by Crippen LogP contribution is -2.60. The lowest BCUT2D eigenvalue weighted by atomic mass is 9.41. The van der Waals surface area contributed by atoms with E-state index >= 15 is 0 Å². The Morgan fingerprint density at radius 3 is 2.26 bits per heavy atom. The molecule has 5 saturated carbocycles. The number of ether oxygens (including phenoxy) is 1. The molecule has 0 aliphatic heterocycles. The summed E-state index contributed by atoms with van der Waals surface area (Å²) in [7, 11) is 1.48. The molecular formula is C31H48O4. The Bertz CT molecular complexity index is 950. The van der Waals surface area contributed by atoms with Crippen LogP contribution in [0.3, 0.4) is 0 Å². The molecule has 0 heterocycles. The lowest BCUT2D eigenvalue weighted by Gasteiger charge is -2.63. The van der Waals surface area contributed by atoms with E-state index in [1.165, 1.54) is 39.2 Å². The van der Waals surface area contributed by atoms with E-state index in [1.54, 1.807) is 0 Å². The van der Waals surface area contributed by atoms with Gasteiger partial charge in [-0.1, -0.05) is 26.3 Å². The fraction of sp³-hybridized carbons (Fsp3) is 0.871. The van der Waals surface area contributed by atoms with Gasteiger partial charge >= 0.3 is 5.97 Å².